The summed E-state index contributed by atoms with van der Waals surface area (Å²) < 4.78 is 0. The molecule has 0 unspecified atom stereocenters. The van der Waals surface area contributed by atoms with E-state index in [1.54, 1.807) is 28.9 Å². The molecule has 0 saturated carbocycles. The number of amides is 2. The van der Waals surface area contributed by atoms with Crippen LogP contribution >= 0.6 is 0 Å². The van der Waals surface area contributed by atoms with Crippen LogP contribution in [0.5, 0.6) is 0 Å². The van der Waals surface area contributed by atoms with Gasteiger partial charge in [0.1, 0.15) is 0 Å². The molecule has 0 aromatic heterocycles. The van der Waals surface area contributed by atoms with Crippen LogP contribution < -0.4 is 0 Å². The van der Waals surface area contributed by atoms with E-state index in [9.17, 15) is 19.7 Å². The number of carbonyl (C=O) groups excluding carboxylic acids is 2. The summed E-state index contributed by atoms with van der Waals surface area (Å²) in [4.78, 5) is 37.8. The normalized spacial score (nSPS) is 15.4. The molecule has 1 fully saturated rings. The fourth-order valence-electron chi connectivity index (χ4n) is 2.56. The topological polar surface area (TPSA) is 83.8 Å². The summed E-state index contributed by atoms with van der Waals surface area (Å²) >= 11 is 0. The second-order valence-corrected chi connectivity index (χ2v) is 5.41. The van der Waals surface area contributed by atoms with Gasteiger partial charge in [-0.1, -0.05) is 6.07 Å². The zero-order valence-corrected chi connectivity index (χ0v) is 12.7. The fourth-order valence-corrected chi connectivity index (χ4v) is 2.56. The minimum Gasteiger partial charge on any atom is -0.341 e. The quantitative estimate of drug-likeness (QED) is 0.613. The summed E-state index contributed by atoms with van der Waals surface area (Å²) in [7, 11) is 0. The van der Waals surface area contributed by atoms with Gasteiger partial charge in [0, 0.05) is 50.3 Å². The molecule has 7 nitrogen and oxygen atoms in total. The second-order valence-electron chi connectivity index (χ2n) is 5.41. The van der Waals surface area contributed by atoms with E-state index < -0.39 is 4.92 Å². The monoisotopic (exact) mass is 305 g/mol. The Morgan fingerprint density at radius 2 is 1.77 bits per heavy atom. The highest BCUT2D eigenvalue weighted by molar-refractivity contribution is 5.95. The van der Waals surface area contributed by atoms with E-state index in [0.717, 1.165) is 0 Å². The van der Waals surface area contributed by atoms with Crippen molar-refractivity contribution in [2.75, 3.05) is 26.2 Å². The standard InChI is InChI=1S/C15H19N3O4/c1-11-4-5-13(10-14(11)18(21)22)15(20)17-7-3-6-16(8-9-17)12(2)19/h4-5,10H,3,6-9H2,1-2H3. The van der Waals surface area contributed by atoms with Crippen molar-refractivity contribution >= 4 is 17.5 Å². The number of nitro groups is 1. The molecule has 0 aliphatic carbocycles. The molecule has 1 aliphatic heterocycles. The van der Waals surface area contributed by atoms with Crippen molar-refractivity contribution in [2.24, 2.45) is 0 Å². The Kier molecular flexibility index (Phi) is 4.75. The van der Waals surface area contributed by atoms with Gasteiger partial charge in [0.2, 0.25) is 5.91 Å². The highest BCUT2D eigenvalue weighted by atomic mass is 16.6. The number of hydrogen-bond donors (Lipinski definition) is 0. The lowest BCUT2D eigenvalue weighted by Gasteiger charge is -2.21. The van der Waals surface area contributed by atoms with Crippen molar-refractivity contribution in [2.45, 2.75) is 20.3 Å². The van der Waals surface area contributed by atoms with E-state index in [1.807, 2.05) is 0 Å². The molecule has 2 amide bonds. The van der Waals surface area contributed by atoms with Crippen molar-refractivity contribution in [3.05, 3.63) is 39.4 Å². The van der Waals surface area contributed by atoms with Crippen molar-refractivity contribution in [1.82, 2.24) is 9.80 Å². The maximum absolute atomic E-state index is 12.5. The van der Waals surface area contributed by atoms with Gasteiger partial charge in [0.05, 0.1) is 4.92 Å². The predicted molar refractivity (Wildman–Crippen MR) is 80.6 cm³/mol. The maximum Gasteiger partial charge on any atom is 0.273 e. The van der Waals surface area contributed by atoms with Crippen molar-refractivity contribution < 1.29 is 14.5 Å². The first-order valence-corrected chi connectivity index (χ1v) is 7.20. The van der Waals surface area contributed by atoms with Crippen LogP contribution in [0.15, 0.2) is 18.2 Å². The third kappa shape index (κ3) is 3.41. The lowest BCUT2D eigenvalue weighted by Crippen LogP contribution is -2.36. The van der Waals surface area contributed by atoms with E-state index in [0.29, 0.717) is 43.7 Å². The molecule has 0 N–H and O–H groups in total. The third-order valence-corrected chi connectivity index (χ3v) is 3.88. The Labute approximate surface area is 128 Å². The fraction of sp³-hybridized carbons (Fsp3) is 0.467. The molecule has 0 radical (unpaired) electrons. The zero-order chi connectivity index (χ0) is 16.3. The molecule has 1 saturated heterocycles. The molecule has 118 valence electrons. The first-order valence-electron chi connectivity index (χ1n) is 7.20. The molecular formula is C15H19N3O4. The Balaban J connectivity index is 2.16. The van der Waals surface area contributed by atoms with Crippen LogP contribution in [0.3, 0.4) is 0 Å². The van der Waals surface area contributed by atoms with Crippen LogP contribution in [0.2, 0.25) is 0 Å². The van der Waals surface area contributed by atoms with Gasteiger partial charge in [-0.15, -0.1) is 0 Å². The molecule has 0 bridgehead atoms. The minimum absolute atomic E-state index is 0.000253. The van der Waals surface area contributed by atoms with Crippen molar-refractivity contribution in [3.8, 4) is 0 Å². The number of nitro benzene ring substituents is 1. The first kappa shape index (κ1) is 15.9. The van der Waals surface area contributed by atoms with Gasteiger partial charge in [-0.3, -0.25) is 19.7 Å². The van der Waals surface area contributed by atoms with E-state index in [1.165, 1.54) is 13.0 Å². The number of benzene rings is 1. The SMILES string of the molecule is CC(=O)N1CCCN(C(=O)c2ccc(C)c([N+](=O)[O-])c2)CC1. The van der Waals surface area contributed by atoms with Gasteiger partial charge in [0.25, 0.3) is 11.6 Å². The van der Waals surface area contributed by atoms with E-state index >= 15 is 0 Å². The number of hydrogen-bond acceptors (Lipinski definition) is 4. The van der Waals surface area contributed by atoms with Gasteiger partial charge in [0.15, 0.2) is 0 Å². The molecule has 1 aliphatic rings. The van der Waals surface area contributed by atoms with Crippen molar-refractivity contribution in [1.29, 1.82) is 0 Å². The zero-order valence-electron chi connectivity index (χ0n) is 12.7. The summed E-state index contributed by atoms with van der Waals surface area (Å²) in [6.45, 7) is 5.27. The van der Waals surface area contributed by atoms with Crippen LogP contribution in [0, 0.1) is 17.0 Å². The Morgan fingerprint density at radius 3 is 2.41 bits per heavy atom. The van der Waals surface area contributed by atoms with Crippen LogP contribution in [0.25, 0.3) is 0 Å². The Morgan fingerprint density at radius 1 is 1.14 bits per heavy atom. The predicted octanol–water partition coefficient (Wildman–Crippen LogP) is 1.60. The van der Waals surface area contributed by atoms with Gasteiger partial charge in [-0.05, 0) is 19.4 Å². The van der Waals surface area contributed by atoms with Crippen LogP contribution in [-0.4, -0.2) is 52.7 Å². The molecular weight excluding hydrogens is 286 g/mol. The van der Waals surface area contributed by atoms with Crippen LogP contribution in [0.4, 0.5) is 5.69 Å². The van der Waals surface area contributed by atoms with Gasteiger partial charge in [-0.2, -0.15) is 0 Å². The summed E-state index contributed by atoms with van der Waals surface area (Å²) in [6.07, 6.45) is 0.708. The van der Waals surface area contributed by atoms with Gasteiger partial charge < -0.3 is 9.80 Å². The smallest absolute Gasteiger partial charge is 0.273 e. The van der Waals surface area contributed by atoms with Crippen molar-refractivity contribution in [3.63, 3.8) is 0 Å². The Bertz CT molecular complexity index is 615. The molecule has 1 aromatic carbocycles. The van der Waals surface area contributed by atoms with E-state index in [-0.39, 0.29) is 17.5 Å². The summed E-state index contributed by atoms with van der Waals surface area (Å²) in [6, 6.07) is 4.52. The number of nitrogens with zero attached hydrogens (tertiary/aromatic N) is 3. The molecule has 1 heterocycles. The molecule has 7 heteroatoms. The largest absolute Gasteiger partial charge is 0.341 e. The summed E-state index contributed by atoms with van der Waals surface area (Å²) in [5.41, 5.74) is 0.791. The average Bonchev–Trinajstić information content (AvgIpc) is 2.72. The van der Waals surface area contributed by atoms with E-state index in [4.69, 9.17) is 0 Å². The highest BCUT2D eigenvalue weighted by Gasteiger charge is 2.23. The third-order valence-electron chi connectivity index (χ3n) is 3.88. The molecule has 22 heavy (non-hydrogen) atoms. The number of carbonyl (C=O) groups is 2. The number of rotatable bonds is 2. The van der Waals surface area contributed by atoms with Crippen LogP contribution in [0.1, 0.15) is 29.3 Å². The molecule has 1 aromatic rings. The van der Waals surface area contributed by atoms with Crippen LogP contribution in [-0.2, 0) is 4.79 Å². The lowest BCUT2D eigenvalue weighted by molar-refractivity contribution is -0.385. The van der Waals surface area contributed by atoms with E-state index in [2.05, 4.69) is 0 Å². The molecule has 0 atom stereocenters. The average molecular weight is 305 g/mol. The highest BCUT2D eigenvalue weighted by Crippen LogP contribution is 2.20. The Hall–Kier alpha value is -2.44. The molecule has 2 rings (SSSR count). The molecule has 0 spiro atoms. The summed E-state index contributed by atoms with van der Waals surface area (Å²) in [5.74, 6) is -0.228. The minimum atomic E-state index is -0.480. The van der Waals surface area contributed by atoms with Gasteiger partial charge in [-0.25, -0.2) is 0 Å². The maximum atomic E-state index is 12.5. The second kappa shape index (κ2) is 6.55. The first-order chi connectivity index (χ1) is 10.4. The summed E-state index contributed by atoms with van der Waals surface area (Å²) in [5, 5.41) is 11.0. The van der Waals surface area contributed by atoms with Gasteiger partial charge >= 0.3 is 0 Å². The number of aryl methyl sites for hydroxylation is 1. The lowest BCUT2D eigenvalue weighted by atomic mass is 10.1.